The lowest BCUT2D eigenvalue weighted by molar-refractivity contribution is 0.0763. The molecule has 92 valence electrons. The Kier molecular flexibility index (Phi) is 3.94. The molecule has 0 radical (unpaired) electrons. The number of aromatic nitrogens is 1. The van der Waals surface area contributed by atoms with Gasteiger partial charge in [-0.05, 0) is 13.0 Å². The molecule has 1 aliphatic heterocycles. The average molecular weight is 271 g/mol. The fourth-order valence-corrected chi connectivity index (χ4v) is 3.16. The molecule has 0 saturated carbocycles. The van der Waals surface area contributed by atoms with Gasteiger partial charge in [0.1, 0.15) is 0 Å². The molecule has 1 amide bonds. The molecule has 5 heteroatoms. The fourth-order valence-electron chi connectivity index (χ4n) is 1.86. The van der Waals surface area contributed by atoms with Gasteiger partial charge in [-0.1, -0.05) is 18.5 Å². The van der Waals surface area contributed by atoms with E-state index in [9.17, 15) is 4.79 Å². The molecule has 1 aliphatic rings. The Morgan fingerprint density at radius 2 is 2.41 bits per heavy atom. The van der Waals surface area contributed by atoms with Gasteiger partial charge in [-0.15, -0.1) is 0 Å². The second kappa shape index (κ2) is 5.27. The van der Waals surface area contributed by atoms with Crippen molar-refractivity contribution in [2.75, 3.05) is 18.8 Å². The zero-order chi connectivity index (χ0) is 12.4. The summed E-state index contributed by atoms with van der Waals surface area (Å²) in [6, 6.07) is 1.73. The second-order valence-corrected chi connectivity index (χ2v) is 6.19. The van der Waals surface area contributed by atoms with Crippen molar-refractivity contribution in [3.8, 4) is 0 Å². The van der Waals surface area contributed by atoms with Crippen molar-refractivity contribution < 1.29 is 4.79 Å². The molecule has 0 bridgehead atoms. The number of hydrogen-bond acceptors (Lipinski definition) is 3. The maximum absolute atomic E-state index is 12.3. The molecular weight excluding hydrogens is 256 g/mol. The number of pyridine rings is 1. The Morgan fingerprint density at radius 3 is 3.06 bits per heavy atom. The highest BCUT2D eigenvalue weighted by Crippen LogP contribution is 2.22. The maximum Gasteiger partial charge on any atom is 0.257 e. The van der Waals surface area contributed by atoms with E-state index in [4.69, 9.17) is 11.6 Å². The predicted molar refractivity (Wildman–Crippen MR) is 71.8 cm³/mol. The van der Waals surface area contributed by atoms with Crippen LogP contribution in [0.25, 0.3) is 0 Å². The summed E-state index contributed by atoms with van der Waals surface area (Å²) < 4.78 is 0. The van der Waals surface area contributed by atoms with Gasteiger partial charge >= 0.3 is 0 Å². The lowest BCUT2D eigenvalue weighted by Crippen LogP contribution is -2.41. The number of carbonyl (C=O) groups excluding carboxylic acids is 1. The number of carbonyl (C=O) groups is 1. The van der Waals surface area contributed by atoms with Crippen LogP contribution in [-0.4, -0.2) is 39.9 Å². The van der Waals surface area contributed by atoms with Crippen LogP contribution in [0.15, 0.2) is 12.3 Å². The van der Waals surface area contributed by atoms with Crippen molar-refractivity contribution in [2.45, 2.75) is 19.1 Å². The number of hydrogen-bond donors (Lipinski definition) is 0. The molecule has 0 spiro atoms. The van der Waals surface area contributed by atoms with E-state index in [0.29, 0.717) is 15.8 Å². The van der Waals surface area contributed by atoms with Crippen LogP contribution >= 0.6 is 23.4 Å². The third kappa shape index (κ3) is 2.93. The highest BCUT2D eigenvalue weighted by Gasteiger charge is 2.24. The van der Waals surface area contributed by atoms with Crippen LogP contribution in [0.4, 0.5) is 0 Å². The van der Waals surface area contributed by atoms with E-state index < -0.39 is 0 Å². The number of thioether (sulfide) groups is 1. The Bertz CT molecular complexity index is 439. The van der Waals surface area contributed by atoms with E-state index in [0.717, 1.165) is 24.5 Å². The van der Waals surface area contributed by atoms with E-state index in [1.807, 2.05) is 23.6 Å². The summed E-state index contributed by atoms with van der Waals surface area (Å²) in [7, 11) is 0. The summed E-state index contributed by atoms with van der Waals surface area (Å²) in [5.41, 5.74) is 1.34. The summed E-state index contributed by atoms with van der Waals surface area (Å²) in [4.78, 5) is 18.3. The van der Waals surface area contributed by atoms with Crippen molar-refractivity contribution in [2.24, 2.45) is 0 Å². The van der Waals surface area contributed by atoms with E-state index in [1.165, 1.54) is 0 Å². The summed E-state index contributed by atoms with van der Waals surface area (Å²) in [5, 5.41) is 0.985. The third-order valence-electron chi connectivity index (χ3n) is 2.75. The van der Waals surface area contributed by atoms with Gasteiger partial charge in [0, 0.05) is 36.0 Å². The minimum atomic E-state index is -0.00495. The molecule has 1 aromatic rings. The smallest absolute Gasteiger partial charge is 0.257 e. The molecule has 0 aromatic carbocycles. The summed E-state index contributed by atoms with van der Waals surface area (Å²) in [5.74, 6) is 0.985. The first-order chi connectivity index (χ1) is 8.08. The van der Waals surface area contributed by atoms with Crippen molar-refractivity contribution in [1.29, 1.82) is 0 Å². The number of nitrogens with zero attached hydrogens (tertiary/aromatic N) is 2. The Hall–Kier alpha value is -0.740. The molecule has 2 heterocycles. The molecular formula is C12H15ClN2OS. The van der Waals surface area contributed by atoms with Gasteiger partial charge in [0.15, 0.2) is 0 Å². The average Bonchev–Trinajstić information content (AvgIpc) is 2.28. The molecule has 1 aromatic heterocycles. The van der Waals surface area contributed by atoms with E-state index in [-0.39, 0.29) is 5.91 Å². The number of aryl methyl sites for hydroxylation is 1. The molecule has 1 saturated heterocycles. The minimum absolute atomic E-state index is 0.00495. The van der Waals surface area contributed by atoms with Crippen LogP contribution in [-0.2, 0) is 0 Å². The minimum Gasteiger partial charge on any atom is -0.337 e. The van der Waals surface area contributed by atoms with Gasteiger partial charge in [0.05, 0.1) is 10.6 Å². The molecule has 2 rings (SSSR count). The zero-order valence-electron chi connectivity index (χ0n) is 9.94. The SMILES string of the molecule is Cc1cc(Cl)c(C(=O)N2CCSC(C)C2)cn1. The first-order valence-electron chi connectivity index (χ1n) is 5.61. The molecule has 1 unspecified atom stereocenters. The van der Waals surface area contributed by atoms with E-state index in [1.54, 1.807) is 12.3 Å². The highest BCUT2D eigenvalue weighted by molar-refractivity contribution is 7.99. The van der Waals surface area contributed by atoms with Crippen LogP contribution in [0.2, 0.25) is 5.02 Å². The second-order valence-electron chi connectivity index (χ2n) is 4.24. The van der Waals surface area contributed by atoms with E-state index >= 15 is 0 Å². The quantitative estimate of drug-likeness (QED) is 0.787. The lowest BCUT2D eigenvalue weighted by atomic mass is 10.2. The van der Waals surface area contributed by atoms with Gasteiger partial charge in [-0.3, -0.25) is 9.78 Å². The maximum atomic E-state index is 12.3. The Labute approximate surface area is 111 Å². The van der Waals surface area contributed by atoms with Gasteiger partial charge < -0.3 is 4.90 Å². The standard InChI is InChI=1S/C12H15ClN2OS/c1-8-5-11(13)10(6-14-8)12(16)15-3-4-17-9(2)7-15/h5-6,9H,3-4,7H2,1-2H3. The van der Waals surface area contributed by atoms with Crippen LogP contribution < -0.4 is 0 Å². The summed E-state index contributed by atoms with van der Waals surface area (Å²) in [6.45, 7) is 5.57. The van der Waals surface area contributed by atoms with Gasteiger partial charge in [0.2, 0.25) is 0 Å². The fraction of sp³-hybridized carbons (Fsp3) is 0.500. The number of amides is 1. The normalized spacial score (nSPS) is 20.4. The van der Waals surface area contributed by atoms with Crippen LogP contribution in [0.5, 0.6) is 0 Å². The van der Waals surface area contributed by atoms with Gasteiger partial charge in [-0.2, -0.15) is 11.8 Å². The van der Waals surface area contributed by atoms with Crippen LogP contribution in [0.1, 0.15) is 23.0 Å². The first kappa shape index (κ1) is 12.7. The molecule has 17 heavy (non-hydrogen) atoms. The van der Waals surface area contributed by atoms with Crippen molar-refractivity contribution >= 4 is 29.3 Å². The number of halogens is 1. The van der Waals surface area contributed by atoms with Crippen LogP contribution in [0.3, 0.4) is 0 Å². The van der Waals surface area contributed by atoms with Crippen LogP contribution in [0, 0.1) is 6.92 Å². The molecule has 0 N–H and O–H groups in total. The zero-order valence-corrected chi connectivity index (χ0v) is 11.5. The summed E-state index contributed by atoms with van der Waals surface area (Å²) >= 11 is 7.99. The molecule has 0 aliphatic carbocycles. The van der Waals surface area contributed by atoms with Gasteiger partial charge in [0.25, 0.3) is 5.91 Å². The summed E-state index contributed by atoms with van der Waals surface area (Å²) in [6.07, 6.45) is 1.58. The monoisotopic (exact) mass is 270 g/mol. The lowest BCUT2D eigenvalue weighted by Gasteiger charge is -2.30. The predicted octanol–water partition coefficient (Wildman–Crippen LogP) is 2.62. The van der Waals surface area contributed by atoms with E-state index in [2.05, 4.69) is 11.9 Å². The molecule has 1 atom stereocenters. The third-order valence-corrected chi connectivity index (χ3v) is 4.20. The van der Waals surface area contributed by atoms with Crippen molar-refractivity contribution in [3.63, 3.8) is 0 Å². The first-order valence-corrected chi connectivity index (χ1v) is 7.03. The molecule has 1 fully saturated rings. The number of rotatable bonds is 1. The van der Waals surface area contributed by atoms with Crippen molar-refractivity contribution in [1.82, 2.24) is 9.88 Å². The largest absolute Gasteiger partial charge is 0.337 e. The Balaban J connectivity index is 2.18. The molecule has 3 nitrogen and oxygen atoms in total. The van der Waals surface area contributed by atoms with Crippen molar-refractivity contribution in [3.05, 3.63) is 28.5 Å². The topological polar surface area (TPSA) is 33.2 Å². The Morgan fingerprint density at radius 1 is 1.65 bits per heavy atom. The highest BCUT2D eigenvalue weighted by atomic mass is 35.5. The van der Waals surface area contributed by atoms with Gasteiger partial charge in [-0.25, -0.2) is 0 Å².